The molecule has 0 saturated carbocycles. The van der Waals surface area contributed by atoms with Crippen LogP contribution < -0.4 is 0 Å². The molecule has 2 aromatic heterocycles. The molecule has 0 fully saturated rings. The third-order valence-electron chi connectivity index (χ3n) is 2.64. The van der Waals surface area contributed by atoms with Gasteiger partial charge in [-0.1, -0.05) is 25.5 Å². The van der Waals surface area contributed by atoms with Gasteiger partial charge in [-0.25, -0.2) is 0 Å². The summed E-state index contributed by atoms with van der Waals surface area (Å²) in [6.45, 7) is 2.16. The summed E-state index contributed by atoms with van der Waals surface area (Å²) >= 11 is 0. The molecule has 0 atom stereocenters. The number of hydrogen-bond acceptors (Lipinski definition) is 4. The highest BCUT2D eigenvalue weighted by molar-refractivity contribution is 5.80. The molecule has 0 bridgehead atoms. The maximum Gasteiger partial charge on any atom is 0.198 e. The van der Waals surface area contributed by atoms with Crippen LogP contribution in [0.4, 0.5) is 0 Å². The quantitative estimate of drug-likeness (QED) is 0.649. The lowest BCUT2D eigenvalue weighted by Gasteiger charge is -2.05. The molecule has 0 saturated heterocycles. The summed E-state index contributed by atoms with van der Waals surface area (Å²) in [7, 11) is 0. The highest BCUT2D eigenvalue weighted by Crippen LogP contribution is 2.18. The van der Waals surface area contributed by atoms with E-state index in [9.17, 15) is 0 Å². The van der Waals surface area contributed by atoms with Gasteiger partial charge < -0.3 is 0 Å². The van der Waals surface area contributed by atoms with Gasteiger partial charge in [-0.3, -0.25) is 4.98 Å². The molecule has 0 amide bonds. The molecule has 0 aliphatic heterocycles. The topological polar surface area (TPSA) is 56.0 Å². The van der Waals surface area contributed by atoms with Crippen molar-refractivity contribution in [1.29, 1.82) is 0 Å². The average Bonchev–Trinajstić information content (AvgIpc) is 2.77. The van der Waals surface area contributed by atoms with Gasteiger partial charge in [0.2, 0.25) is 0 Å². The number of aromatic nitrogens is 5. The Labute approximate surface area is 92.1 Å². The average molecular weight is 213 g/mol. The van der Waals surface area contributed by atoms with Crippen molar-refractivity contribution >= 4 is 16.7 Å². The molecule has 0 N–H and O–H groups in total. The Hall–Kier alpha value is -2.04. The van der Waals surface area contributed by atoms with E-state index in [1.54, 1.807) is 10.7 Å². The molecule has 0 aliphatic carbocycles. The second-order valence-corrected chi connectivity index (χ2v) is 3.74. The van der Waals surface area contributed by atoms with Gasteiger partial charge in [0.25, 0.3) is 0 Å². The molecule has 80 valence electrons. The standard InChI is InChI=1S/C11H11N5/c1-2-4-8-5-3-6-9-11(8)16-10(7-12-9)13-14-15-16/h3,5-7H,2,4H2,1H3. The Morgan fingerprint density at radius 2 is 2.25 bits per heavy atom. The molecule has 5 nitrogen and oxygen atoms in total. The third kappa shape index (κ3) is 1.25. The van der Waals surface area contributed by atoms with Crippen LogP contribution in [0.5, 0.6) is 0 Å². The van der Waals surface area contributed by atoms with Crippen molar-refractivity contribution < 1.29 is 0 Å². The first kappa shape index (κ1) is 9.21. The summed E-state index contributed by atoms with van der Waals surface area (Å²) in [5, 5.41) is 11.6. The summed E-state index contributed by atoms with van der Waals surface area (Å²) in [5.74, 6) is 0. The van der Waals surface area contributed by atoms with Crippen LogP contribution in [0.1, 0.15) is 18.9 Å². The molecular weight excluding hydrogens is 202 g/mol. The minimum Gasteiger partial charge on any atom is -0.251 e. The zero-order valence-corrected chi connectivity index (χ0v) is 8.96. The Kier molecular flexibility index (Phi) is 2.02. The summed E-state index contributed by atoms with van der Waals surface area (Å²) in [6.07, 6.45) is 3.80. The fourth-order valence-electron chi connectivity index (χ4n) is 1.96. The van der Waals surface area contributed by atoms with E-state index in [0.29, 0.717) is 5.65 Å². The minimum atomic E-state index is 0.691. The molecule has 16 heavy (non-hydrogen) atoms. The van der Waals surface area contributed by atoms with Crippen LogP contribution in [0.3, 0.4) is 0 Å². The van der Waals surface area contributed by atoms with Crippen molar-refractivity contribution in [2.75, 3.05) is 0 Å². The molecular formula is C11H11N5. The fraction of sp³-hybridized carbons (Fsp3) is 0.273. The summed E-state index contributed by atoms with van der Waals surface area (Å²) in [4.78, 5) is 4.36. The van der Waals surface area contributed by atoms with Gasteiger partial charge in [-0.15, -0.1) is 5.10 Å². The Morgan fingerprint density at radius 1 is 1.31 bits per heavy atom. The van der Waals surface area contributed by atoms with Gasteiger partial charge >= 0.3 is 0 Å². The summed E-state index contributed by atoms with van der Waals surface area (Å²) in [5.41, 5.74) is 3.89. The van der Waals surface area contributed by atoms with Crippen molar-refractivity contribution in [2.45, 2.75) is 19.8 Å². The molecule has 1 aromatic carbocycles. The Balaban J connectivity index is 2.44. The number of benzene rings is 1. The van der Waals surface area contributed by atoms with Gasteiger partial charge in [0.15, 0.2) is 5.65 Å². The van der Waals surface area contributed by atoms with Gasteiger partial charge in [0, 0.05) is 0 Å². The summed E-state index contributed by atoms with van der Waals surface area (Å²) < 4.78 is 1.76. The molecule has 3 aromatic rings. The zero-order chi connectivity index (χ0) is 11.0. The van der Waals surface area contributed by atoms with Crippen molar-refractivity contribution in [3.8, 4) is 0 Å². The second-order valence-electron chi connectivity index (χ2n) is 3.74. The third-order valence-corrected chi connectivity index (χ3v) is 2.64. The Morgan fingerprint density at radius 3 is 3.12 bits per heavy atom. The first-order valence-corrected chi connectivity index (χ1v) is 5.35. The predicted molar refractivity (Wildman–Crippen MR) is 60.1 cm³/mol. The highest BCUT2D eigenvalue weighted by Gasteiger charge is 2.07. The molecule has 0 spiro atoms. The van der Waals surface area contributed by atoms with E-state index in [0.717, 1.165) is 23.9 Å². The predicted octanol–water partition coefficient (Wildman–Crippen LogP) is 1.62. The number of nitrogens with zero attached hydrogens (tertiary/aromatic N) is 5. The maximum absolute atomic E-state index is 4.36. The van der Waals surface area contributed by atoms with Crippen LogP contribution in [-0.2, 0) is 6.42 Å². The summed E-state index contributed by atoms with van der Waals surface area (Å²) in [6, 6.07) is 6.11. The maximum atomic E-state index is 4.36. The minimum absolute atomic E-state index is 0.691. The lowest BCUT2D eigenvalue weighted by atomic mass is 10.1. The van der Waals surface area contributed by atoms with Crippen molar-refractivity contribution in [2.24, 2.45) is 0 Å². The van der Waals surface area contributed by atoms with E-state index in [1.807, 2.05) is 12.1 Å². The number of fused-ring (bicyclic) bond motifs is 3. The van der Waals surface area contributed by atoms with Crippen molar-refractivity contribution in [3.63, 3.8) is 0 Å². The van der Waals surface area contributed by atoms with Gasteiger partial charge in [0.1, 0.15) is 0 Å². The van der Waals surface area contributed by atoms with E-state index >= 15 is 0 Å². The van der Waals surface area contributed by atoms with E-state index in [4.69, 9.17) is 0 Å². The van der Waals surface area contributed by atoms with Crippen molar-refractivity contribution in [3.05, 3.63) is 30.0 Å². The number of para-hydroxylation sites is 1. The number of aryl methyl sites for hydroxylation is 1. The van der Waals surface area contributed by atoms with E-state index < -0.39 is 0 Å². The van der Waals surface area contributed by atoms with Gasteiger partial charge in [-0.05, 0) is 28.5 Å². The largest absolute Gasteiger partial charge is 0.251 e. The first-order valence-electron chi connectivity index (χ1n) is 5.35. The lowest BCUT2D eigenvalue weighted by molar-refractivity contribution is 0.833. The number of hydrogen-bond donors (Lipinski definition) is 0. The molecule has 3 rings (SSSR count). The lowest BCUT2D eigenvalue weighted by Crippen LogP contribution is -1.97. The number of rotatable bonds is 2. The van der Waals surface area contributed by atoms with Crippen LogP contribution in [-0.4, -0.2) is 25.0 Å². The normalized spacial score (nSPS) is 11.3. The van der Waals surface area contributed by atoms with Gasteiger partial charge in [-0.2, -0.15) is 4.52 Å². The monoisotopic (exact) mass is 213 g/mol. The van der Waals surface area contributed by atoms with E-state index in [2.05, 4.69) is 33.5 Å². The molecule has 0 unspecified atom stereocenters. The van der Waals surface area contributed by atoms with Gasteiger partial charge in [0.05, 0.1) is 17.2 Å². The van der Waals surface area contributed by atoms with Crippen LogP contribution in [0.15, 0.2) is 24.4 Å². The van der Waals surface area contributed by atoms with Crippen molar-refractivity contribution in [1.82, 2.24) is 25.0 Å². The SMILES string of the molecule is CCCc1cccc2ncc3nnnn3c12. The van der Waals surface area contributed by atoms with E-state index in [-0.39, 0.29) is 0 Å². The molecule has 0 aliphatic rings. The van der Waals surface area contributed by atoms with Crippen LogP contribution in [0.25, 0.3) is 16.7 Å². The molecule has 0 radical (unpaired) electrons. The second kappa shape index (κ2) is 3.52. The molecule has 5 heteroatoms. The smallest absolute Gasteiger partial charge is 0.198 e. The zero-order valence-electron chi connectivity index (χ0n) is 8.96. The molecule has 2 heterocycles. The number of tetrazole rings is 1. The van der Waals surface area contributed by atoms with Crippen LogP contribution in [0, 0.1) is 0 Å². The van der Waals surface area contributed by atoms with Crippen LogP contribution in [0.2, 0.25) is 0 Å². The fourth-order valence-corrected chi connectivity index (χ4v) is 1.96. The van der Waals surface area contributed by atoms with Crippen LogP contribution >= 0.6 is 0 Å². The van der Waals surface area contributed by atoms with E-state index in [1.165, 1.54) is 5.56 Å². The highest BCUT2D eigenvalue weighted by atomic mass is 15.5. The Bertz CT molecular complexity index is 643. The first-order chi connectivity index (χ1) is 7.90.